The van der Waals surface area contributed by atoms with E-state index >= 15 is 0 Å². The monoisotopic (exact) mass is 245 g/mol. The Morgan fingerprint density at radius 2 is 1.88 bits per heavy atom. The Kier molecular flexibility index (Phi) is 6.34. The van der Waals surface area contributed by atoms with Crippen LogP contribution in [0, 0.1) is 0 Å². The van der Waals surface area contributed by atoms with E-state index in [9.17, 15) is 4.79 Å². The van der Waals surface area contributed by atoms with Crippen LogP contribution in [-0.4, -0.2) is 26.7 Å². The molecule has 5 heteroatoms. The molecule has 0 saturated carbocycles. The average molecular weight is 246 g/mol. The van der Waals surface area contributed by atoms with E-state index in [4.69, 9.17) is 9.47 Å². The van der Waals surface area contributed by atoms with Gasteiger partial charge in [-0.05, 0) is 25.1 Å². The fourth-order valence-electron chi connectivity index (χ4n) is 1.24. The molecule has 4 nitrogen and oxygen atoms in total. The van der Waals surface area contributed by atoms with Crippen LogP contribution < -0.4 is 14.8 Å². The third-order valence-electron chi connectivity index (χ3n) is 1.98. The molecular weight excluding hydrogens is 230 g/mol. The maximum absolute atomic E-state index is 11.5. The zero-order valence-corrected chi connectivity index (χ0v) is 10.4. The van der Waals surface area contributed by atoms with Crippen molar-refractivity contribution in [2.24, 2.45) is 0 Å². The van der Waals surface area contributed by atoms with Crippen LogP contribution in [-0.2, 0) is 0 Å². The second-order valence-corrected chi connectivity index (χ2v) is 2.93. The summed E-state index contributed by atoms with van der Waals surface area (Å²) in [5, 5.41) is 2.72. The SMILES string of the molecule is CCNC(=O)c1ccc(OC)c(OC)c1.Cl. The fraction of sp³-hybridized carbons (Fsp3) is 0.364. The standard InChI is InChI=1S/C11H15NO3.ClH/c1-4-12-11(13)8-5-6-9(14-2)10(7-8)15-3;/h5-7H,4H2,1-3H3,(H,12,13);1H. The number of amides is 1. The Balaban J connectivity index is 0.00000225. The van der Waals surface area contributed by atoms with Gasteiger partial charge in [0.15, 0.2) is 11.5 Å². The van der Waals surface area contributed by atoms with Gasteiger partial charge in [-0.15, -0.1) is 12.4 Å². The van der Waals surface area contributed by atoms with Gasteiger partial charge in [0.2, 0.25) is 0 Å². The lowest BCUT2D eigenvalue weighted by atomic mass is 10.2. The van der Waals surface area contributed by atoms with Crippen LogP contribution in [0.15, 0.2) is 18.2 Å². The molecule has 0 aliphatic carbocycles. The normalized spacial score (nSPS) is 8.94. The first-order valence-corrected chi connectivity index (χ1v) is 4.73. The van der Waals surface area contributed by atoms with Gasteiger partial charge in [-0.25, -0.2) is 0 Å². The quantitative estimate of drug-likeness (QED) is 0.881. The molecule has 1 rings (SSSR count). The van der Waals surface area contributed by atoms with Gasteiger partial charge in [0.05, 0.1) is 14.2 Å². The highest BCUT2D eigenvalue weighted by atomic mass is 35.5. The molecule has 90 valence electrons. The van der Waals surface area contributed by atoms with Gasteiger partial charge in [0.25, 0.3) is 5.91 Å². The highest BCUT2D eigenvalue weighted by Gasteiger charge is 2.09. The Labute approximate surface area is 101 Å². The highest BCUT2D eigenvalue weighted by Crippen LogP contribution is 2.27. The number of ether oxygens (including phenoxy) is 2. The molecule has 1 aromatic carbocycles. The predicted molar refractivity (Wildman–Crippen MR) is 64.8 cm³/mol. The molecule has 16 heavy (non-hydrogen) atoms. The summed E-state index contributed by atoms with van der Waals surface area (Å²) in [6.45, 7) is 2.48. The molecule has 1 N–H and O–H groups in total. The molecule has 0 aliphatic rings. The molecule has 0 atom stereocenters. The van der Waals surface area contributed by atoms with Crippen molar-refractivity contribution in [3.63, 3.8) is 0 Å². The van der Waals surface area contributed by atoms with Crippen molar-refractivity contribution in [2.45, 2.75) is 6.92 Å². The van der Waals surface area contributed by atoms with Crippen LogP contribution >= 0.6 is 12.4 Å². The first kappa shape index (κ1) is 14.6. The van der Waals surface area contributed by atoms with E-state index in [-0.39, 0.29) is 18.3 Å². The number of rotatable bonds is 4. The molecule has 1 aromatic rings. The topological polar surface area (TPSA) is 47.6 Å². The molecule has 0 aliphatic heterocycles. The molecule has 0 aromatic heterocycles. The smallest absolute Gasteiger partial charge is 0.251 e. The van der Waals surface area contributed by atoms with E-state index in [1.807, 2.05) is 6.92 Å². The Morgan fingerprint density at radius 1 is 1.25 bits per heavy atom. The summed E-state index contributed by atoms with van der Waals surface area (Å²) in [5.41, 5.74) is 0.564. The average Bonchev–Trinajstić information content (AvgIpc) is 2.28. The number of halogens is 1. The summed E-state index contributed by atoms with van der Waals surface area (Å²) in [6, 6.07) is 5.07. The Hall–Kier alpha value is -1.42. The van der Waals surface area contributed by atoms with Gasteiger partial charge in [0, 0.05) is 12.1 Å². The van der Waals surface area contributed by atoms with E-state index in [2.05, 4.69) is 5.32 Å². The third kappa shape index (κ3) is 3.31. The van der Waals surface area contributed by atoms with Crippen molar-refractivity contribution in [3.05, 3.63) is 23.8 Å². The minimum Gasteiger partial charge on any atom is -0.493 e. The van der Waals surface area contributed by atoms with Crippen molar-refractivity contribution >= 4 is 18.3 Å². The maximum atomic E-state index is 11.5. The van der Waals surface area contributed by atoms with Crippen LogP contribution in [0.3, 0.4) is 0 Å². The summed E-state index contributed by atoms with van der Waals surface area (Å²) in [6.07, 6.45) is 0. The number of methoxy groups -OCH3 is 2. The van der Waals surface area contributed by atoms with E-state index in [1.165, 1.54) is 0 Å². The molecule has 0 saturated heterocycles. The lowest BCUT2D eigenvalue weighted by molar-refractivity contribution is 0.0955. The van der Waals surface area contributed by atoms with E-state index in [0.29, 0.717) is 23.6 Å². The van der Waals surface area contributed by atoms with Crippen molar-refractivity contribution in [1.29, 1.82) is 0 Å². The van der Waals surface area contributed by atoms with Gasteiger partial charge < -0.3 is 14.8 Å². The van der Waals surface area contributed by atoms with E-state index < -0.39 is 0 Å². The summed E-state index contributed by atoms with van der Waals surface area (Å²) in [5.74, 6) is 1.06. The maximum Gasteiger partial charge on any atom is 0.251 e. The van der Waals surface area contributed by atoms with Gasteiger partial charge in [-0.1, -0.05) is 0 Å². The number of carbonyl (C=O) groups is 1. The van der Waals surface area contributed by atoms with Gasteiger partial charge in [0.1, 0.15) is 0 Å². The van der Waals surface area contributed by atoms with Crippen molar-refractivity contribution < 1.29 is 14.3 Å². The van der Waals surface area contributed by atoms with Gasteiger partial charge >= 0.3 is 0 Å². The van der Waals surface area contributed by atoms with Gasteiger partial charge in [-0.3, -0.25) is 4.79 Å². The van der Waals surface area contributed by atoms with Crippen LogP contribution in [0.2, 0.25) is 0 Å². The summed E-state index contributed by atoms with van der Waals surface area (Å²) < 4.78 is 10.2. The fourth-order valence-corrected chi connectivity index (χ4v) is 1.24. The van der Waals surface area contributed by atoms with Crippen molar-refractivity contribution in [3.8, 4) is 11.5 Å². The zero-order chi connectivity index (χ0) is 11.3. The molecule has 0 bridgehead atoms. The van der Waals surface area contributed by atoms with Gasteiger partial charge in [-0.2, -0.15) is 0 Å². The third-order valence-corrected chi connectivity index (χ3v) is 1.98. The van der Waals surface area contributed by atoms with Crippen LogP contribution in [0.4, 0.5) is 0 Å². The number of hydrogen-bond donors (Lipinski definition) is 1. The molecule has 0 fully saturated rings. The first-order valence-electron chi connectivity index (χ1n) is 4.73. The lowest BCUT2D eigenvalue weighted by Crippen LogP contribution is -2.22. The Morgan fingerprint density at radius 3 is 2.38 bits per heavy atom. The molecule has 0 heterocycles. The largest absolute Gasteiger partial charge is 0.493 e. The molecule has 0 unspecified atom stereocenters. The molecular formula is C11H16ClNO3. The van der Waals surface area contributed by atoms with Crippen LogP contribution in [0.25, 0.3) is 0 Å². The number of hydrogen-bond acceptors (Lipinski definition) is 3. The molecule has 0 spiro atoms. The molecule has 0 radical (unpaired) electrons. The second kappa shape index (κ2) is 6.95. The lowest BCUT2D eigenvalue weighted by Gasteiger charge is -2.09. The first-order chi connectivity index (χ1) is 7.22. The van der Waals surface area contributed by atoms with Crippen molar-refractivity contribution in [2.75, 3.05) is 20.8 Å². The van der Waals surface area contributed by atoms with Crippen molar-refractivity contribution in [1.82, 2.24) is 5.32 Å². The number of carbonyl (C=O) groups excluding carboxylic acids is 1. The predicted octanol–water partition coefficient (Wildman–Crippen LogP) is 1.88. The Bertz CT molecular complexity index is 355. The van der Waals surface area contributed by atoms with E-state index in [1.54, 1.807) is 32.4 Å². The minimum absolute atomic E-state index is 0. The summed E-state index contributed by atoms with van der Waals surface area (Å²) in [4.78, 5) is 11.5. The second-order valence-electron chi connectivity index (χ2n) is 2.93. The molecule has 1 amide bonds. The van der Waals surface area contributed by atoms with Crippen LogP contribution in [0.1, 0.15) is 17.3 Å². The summed E-state index contributed by atoms with van der Waals surface area (Å²) in [7, 11) is 3.10. The van der Waals surface area contributed by atoms with E-state index in [0.717, 1.165) is 0 Å². The van der Waals surface area contributed by atoms with Crippen LogP contribution in [0.5, 0.6) is 11.5 Å². The zero-order valence-electron chi connectivity index (χ0n) is 9.57. The number of nitrogens with one attached hydrogen (secondary N) is 1. The summed E-state index contributed by atoms with van der Waals surface area (Å²) >= 11 is 0. The number of benzene rings is 1. The highest BCUT2D eigenvalue weighted by molar-refractivity contribution is 5.94. The minimum atomic E-state index is -0.113.